The van der Waals surface area contributed by atoms with Crippen LogP contribution in [0, 0.1) is 10.1 Å². The fourth-order valence-corrected chi connectivity index (χ4v) is 2.12. The zero-order valence-electron chi connectivity index (χ0n) is 14.0. The molecule has 1 amide bonds. The standard InChI is InChI=1S/C17H17N3O5/c1-11(15-8-7-14(24-2)10-16(15)25-3)18-19-17(21)12-5-4-6-13(9-12)20(22)23/h4-10H,1-3H3,(H,19,21)/b18-11-. The fourth-order valence-electron chi connectivity index (χ4n) is 2.12. The molecule has 0 bridgehead atoms. The van der Waals surface area contributed by atoms with Crippen molar-refractivity contribution in [2.24, 2.45) is 5.10 Å². The van der Waals surface area contributed by atoms with Crippen molar-refractivity contribution in [3.63, 3.8) is 0 Å². The van der Waals surface area contributed by atoms with E-state index in [1.807, 2.05) is 0 Å². The molecule has 1 N–H and O–H groups in total. The van der Waals surface area contributed by atoms with Crippen LogP contribution >= 0.6 is 0 Å². The molecule has 0 aliphatic rings. The summed E-state index contributed by atoms with van der Waals surface area (Å²) in [6.45, 7) is 1.71. The Labute approximate surface area is 144 Å². The van der Waals surface area contributed by atoms with E-state index in [1.54, 1.807) is 32.2 Å². The first-order chi connectivity index (χ1) is 12.0. The van der Waals surface area contributed by atoms with Gasteiger partial charge in [0.15, 0.2) is 0 Å². The molecular formula is C17H17N3O5. The highest BCUT2D eigenvalue weighted by atomic mass is 16.6. The number of hydrazone groups is 1. The van der Waals surface area contributed by atoms with Crippen LogP contribution in [-0.4, -0.2) is 30.8 Å². The summed E-state index contributed by atoms with van der Waals surface area (Å²) in [7, 11) is 3.07. The van der Waals surface area contributed by atoms with Gasteiger partial charge in [0.2, 0.25) is 0 Å². The number of carbonyl (C=O) groups excluding carboxylic acids is 1. The van der Waals surface area contributed by atoms with Crippen LogP contribution in [0.25, 0.3) is 0 Å². The molecular weight excluding hydrogens is 326 g/mol. The predicted octanol–water partition coefficient (Wildman–Crippen LogP) is 2.77. The number of ether oxygens (including phenoxy) is 2. The number of methoxy groups -OCH3 is 2. The zero-order chi connectivity index (χ0) is 18.4. The topological polar surface area (TPSA) is 103 Å². The van der Waals surface area contributed by atoms with Gasteiger partial charge in [-0.2, -0.15) is 5.10 Å². The summed E-state index contributed by atoms with van der Waals surface area (Å²) < 4.78 is 10.4. The van der Waals surface area contributed by atoms with E-state index < -0.39 is 10.8 Å². The van der Waals surface area contributed by atoms with Gasteiger partial charge in [0.25, 0.3) is 11.6 Å². The van der Waals surface area contributed by atoms with Crippen LogP contribution in [0.1, 0.15) is 22.8 Å². The molecule has 8 nitrogen and oxygen atoms in total. The zero-order valence-corrected chi connectivity index (χ0v) is 14.0. The lowest BCUT2D eigenvalue weighted by atomic mass is 10.1. The van der Waals surface area contributed by atoms with E-state index >= 15 is 0 Å². The van der Waals surface area contributed by atoms with Crippen molar-refractivity contribution >= 4 is 17.3 Å². The first-order valence-corrected chi connectivity index (χ1v) is 7.27. The Morgan fingerprint density at radius 2 is 1.92 bits per heavy atom. The predicted molar refractivity (Wildman–Crippen MR) is 92.3 cm³/mol. The molecule has 130 valence electrons. The molecule has 0 heterocycles. The average Bonchev–Trinajstić information content (AvgIpc) is 2.65. The number of nitrogens with zero attached hydrogens (tertiary/aromatic N) is 2. The fraction of sp³-hybridized carbons (Fsp3) is 0.176. The van der Waals surface area contributed by atoms with E-state index in [4.69, 9.17) is 9.47 Å². The average molecular weight is 343 g/mol. The van der Waals surface area contributed by atoms with Gasteiger partial charge in [0.05, 0.1) is 24.9 Å². The summed E-state index contributed by atoms with van der Waals surface area (Å²) >= 11 is 0. The molecule has 0 spiro atoms. The van der Waals surface area contributed by atoms with E-state index in [9.17, 15) is 14.9 Å². The highest BCUT2D eigenvalue weighted by Gasteiger charge is 2.12. The second kappa shape index (κ2) is 7.91. The number of hydrogen-bond donors (Lipinski definition) is 1. The van der Waals surface area contributed by atoms with Crippen LogP contribution in [0.5, 0.6) is 11.5 Å². The summed E-state index contributed by atoms with van der Waals surface area (Å²) in [5, 5.41) is 14.8. The molecule has 0 saturated carbocycles. The number of amides is 1. The van der Waals surface area contributed by atoms with Crippen molar-refractivity contribution < 1.29 is 19.2 Å². The number of benzene rings is 2. The Bertz CT molecular complexity index is 833. The van der Waals surface area contributed by atoms with Gasteiger partial charge in [-0.3, -0.25) is 14.9 Å². The Balaban J connectivity index is 2.19. The number of nitro groups is 1. The van der Waals surface area contributed by atoms with E-state index in [1.165, 1.54) is 31.4 Å². The Kier molecular flexibility index (Phi) is 5.67. The lowest BCUT2D eigenvalue weighted by molar-refractivity contribution is -0.384. The SMILES string of the molecule is COc1ccc(/C(C)=N\NC(=O)c2cccc([N+](=O)[O-])c2)c(OC)c1. The third kappa shape index (κ3) is 4.31. The number of hydrogen-bond acceptors (Lipinski definition) is 6. The van der Waals surface area contributed by atoms with E-state index in [2.05, 4.69) is 10.5 Å². The third-order valence-electron chi connectivity index (χ3n) is 3.44. The second-order valence-corrected chi connectivity index (χ2v) is 5.01. The summed E-state index contributed by atoms with van der Waals surface area (Å²) in [5.74, 6) is 0.634. The number of nitro benzene ring substituents is 1. The smallest absolute Gasteiger partial charge is 0.271 e. The number of carbonyl (C=O) groups is 1. The number of non-ortho nitro benzene ring substituents is 1. The normalized spacial score (nSPS) is 10.9. The van der Waals surface area contributed by atoms with Crippen molar-refractivity contribution in [1.82, 2.24) is 5.43 Å². The quantitative estimate of drug-likeness (QED) is 0.493. The molecule has 2 rings (SSSR count). The molecule has 0 aliphatic heterocycles. The minimum atomic E-state index is -0.562. The van der Waals surface area contributed by atoms with Gasteiger partial charge in [-0.05, 0) is 25.1 Å². The molecule has 0 radical (unpaired) electrons. The first kappa shape index (κ1) is 17.9. The van der Waals surface area contributed by atoms with Gasteiger partial charge < -0.3 is 9.47 Å². The van der Waals surface area contributed by atoms with E-state index in [-0.39, 0.29) is 11.3 Å². The van der Waals surface area contributed by atoms with Crippen LogP contribution in [0.15, 0.2) is 47.6 Å². The van der Waals surface area contributed by atoms with Gasteiger partial charge in [-0.1, -0.05) is 6.07 Å². The second-order valence-electron chi connectivity index (χ2n) is 5.01. The molecule has 0 saturated heterocycles. The molecule has 0 fully saturated rings. The highest BCUT2D eigenvalue weighted by Crippen LogP contribution is 2.25. The van der Waals surface area contributed by atoms with Crippen molar-refractivity contribution in [3.8, 4) is 11.5 Å². The Morgan fingerprint density at radius 1 is 1.16 bits per heavy atom. The number of rotatable bonds is 6. The van der Waals surface area contributed by atoms with E-state index in [0.29, 0.717) is 22.8 Å². The van der Waals surface area contributed by atoms with Gasteiger partial charge in [0.1, 0.15) is 11.5 Å². The van der Waals surface area contributed by atoms with Gasteiger partial charge in [-0.15, -0.1) is 0 Å². The van der Waals surface area contributed by atoms with Crippen molar-refractivity contribution in [2.75, 3.05) is 14.2 Å². The lowest BCUT2D eigenvalue weighted by Crippen LogP contribution is -2.19. The summed E-state index contributed by atoms with van der Waals surface area (Å²) in [6, 6.07) is 10.6. The molecule has 0 aromatic heterocycles. The molecule has 0 atom stereocenters. The number of nitrogens with one attached hydrogen (secondary N) is 1. The Hall–Kier alpha value is -3.42. The van der Waals surface area contributed by atoms with Gasteiger partial charge >= 0.3 is 0 Å². The third-order valence-corrected chi connectivity index (χ3v) is 3.44. The van der Waals surface area contributed by atoms with Crippen molar-refractivity contribution in [3.05, 3.63) is 63.7 Å². The van der Waals surface area contributed by atoms with Crippen molar-refractivity contribution in [2.45, 2.75) is 6.92 Å². The van der Waals surface area contributed by atoms with Crippen LogP contribution in [0.3, 0.4) is 0 Å². The van der Waals surface area contributed by atoms with E-state index in [0.717, 1.165) is 0 Å². The maximum Gasteiger partial charge on any atom is 0.271 e. The summed E-state index contributed by atoms with van der Waals surface area (Å²) in [4.78, 5) is 22.3. The van der Waals surface area contributed by atoms with Crippen LogP contribution in [-0.2, 0) is 0 Å². The van der Waals surface area contributed by atoms with Crippen LogP contribution in [0.4, 0.5) is 5.69 Å². The molecule has 25 heavy (non-hydrogen) atoms. The molecule has 0 aliphatic carbocycles. The van der Waals surface area contributed by atoms with Crippen LogP contribution in [0.2, 0.25) is 0 Å². The minimum Gasteiger partial charge on any atom is -0.497 e. The maximum atomic E-state index is 12.1. The first-order valence-electron chi connectivity index (χ1n) is 7.27. The molecule has 2 aromatic rings. The van der Waals surface area contributed by atoms with Crippen LogP contribution < -0.4 is 14.9 Å². The Morgan fingerprint density at radius 3 is 2.56 bits per heavy atom. The largest absolute Gasteiger partial charge is 0.497 e. The summed E-state index contributed by atoms with van der Waals surface area (Å²) in [5.41, 5.74) is 3.56. The highest BCUT2D eigenvalue weighted by molar-refractivity contribution is 6.03. The molecule has 2 aromatic carbocycles. The lowest BCUT2D eigenvalue weighted by Gasteiger charge is -2.10. The maximum absolute atomic E-state index is 12.1. The van der Waals surface area contributed by atoms with Crippen molar-refractivity contribution in [1.29, 1.82) is 0 Å². The van der Waals surface area contributed by atoms with Gasteiger partial charge in [-0.25, -0.2) is 5.43 Å². The molecule has 0 unspecified atom stereocenters. The van der Waals surface area contributed by atoms with Gasteiger partial charge in [0, 0.05) is 29.3 Å². The molecule has 8 heteroatoms. The minimum absolute atomic E-state index is 0.146. The monoisotopic (exact) mass is 343 g/mol. The summed E-state index contributed by atoms with van der Waals surface area (Å²) in [6.07, 6.45) is 0.